The average molecular weight is 631 g/mol. The lowest BCUT2D eigenvalue weighted by molar-refractivity contribution is -0.385. The maximum absolute atomic E-state index is 14.0. The number of rotatable bonds is 13. The molecule has 0 saturated heterocycles. The fourth-order valence-electron chi connectivity index (χ4n) is 4.23. The number of nitro groups is 1. The number of methoxy groups -OCH3 is 1. The molecule has 43 heavy (non-hydrogen) atoms. The Morgan fingerprint density at radius 3 is 2.33 bits per heavy atom. The largest absolute Gasteiger partial charge is 0.497 e. The molecule has 0 fully saturated rings. The van der Waals surface area contributed by atoms with E-state index in [1.807, 2.05) is 13.8 Å². The standard InChI is InChI=1S/C30H35ClN4O7S/c1-6-21(3)32-30(37)22(4)33(18-23-8-7-9-24(31)16-23)29(36)19-34(25-11-13-26(42-5)14-12-25)43(40,41)27-15-10-20(2)28(17-27)35(38)39/h7-17,21-22H,6,18-19H2,1-5H3,(H,32,37)/t21-,22-/m0/s1. The van der Waals surface area contributed by atoms with Crippen molar-refractivity contribution in [2.45, 2.75) is 57.6 Å². The molecule has 0 saturated carbocycles. The first kappa shape index (κ1) is 33.3. The molecule has 2 atom stereocenters. The van der Waals surface area contributed by atoms with Crippen LogP contribution in [0.25, 0.3) is 0 Å². The Hall–Kier alpha value is -4.16. The highest BCUT2D eigenvalue weighted by Crippen LogP contribution is 2.29. The van der Waals surface area contributed by atoms with Crippen molar-refractivity contribution < 1.29 is 27.7 Å². The van der Waals surface area contributed by atoms with Crippen LogP contribution in [0.2, 0.25) is 5.02 Å². The molecule has 3 aromatic rings. The molecule has 0 bridgehead atoms. The summed E-state index contributed by atoms with van der Waals surface area (Å²) >= 11 is 6.17. The molecule has 0 aromatic heterocycles. The van der Waals surface area contributed by atoms with Crippen molar-refractivity contribution in [2.75, 3.05) is 18.0 Å². The summed E-state index contributed by atoms with van der Waals surface area (Å²) < 4.78 is 34.1. The second kappa shape index (κ2) is 14.3. The van der Waals surface area contributed by atoms with Gasteiger partial charge in [-0.3, -0.25) is 24.0 Å². The van der Waals surface area contributed by atoms with Crippen molar-refractivity contribution in [1.29, 1.82) is 0 Å². The third kappa shape index (κ3) is 8.23. The first-order valence-corrected chi connectivity index (χ1v) is 15.4. The number of nitro benzene ring substituents is 1. The first-order valence-electron chi connectivity index (χ1n) is 13.5. The molecular weight excluding hydrogens is 596 g/mol. The average Bonchev–Trinajstić information content (AvgIpc) is 2.98. The Labute approximate surface area is 256 Å². The molecule has 0 unspecified atom stereocenters. The Morgan fingerprint density at radius 1 is 1.07 bits per heavy atom. The lowest BCUT2D eigenvalue weighted by Gasteiger charge is -2.32. The summed E-state index contributed by atoms with van der Waals surface area (Å²) in [5.74, 6) is -0.623. The van der Waals surface area contributed by atoms with Crippen molar-refractivity contribution >= 4 is 44.8 Å². The van der Waals surface area contributed by atoms with E-state index in [2.05, 4.69) is 5.32 Å². The van der Waals surface area contributed by atoms with Crippen LogP contribution in [0.1, 0.15) is 38.3 Å². The minimum atomic E-state index is -4.50. The normalized spacial score (nSPS) is 12.6. The highest BCUT2D eigenvalue weighted by molar-refractivity contribution is 7.92. The summed E-state index contributed by atoms with van der Waals surface area (Å²) in [5, 5.41) is 14.9. The quantitative estimate of drug-likeness (QED) is 0.205. The predicted molar refractivity (Wildman–Crippen MR) is 165 cm³/mol. The number of carbonyl (C=O) groups is 2. The zero-order chi connectivity index (χ0) is 31.9. The van der Waals surface area contributed by atoms with E-state index in [1.165, 1.54) is 55.3 Å². The van der Waals surface area contributed by atoms with Crippen LogP contribution in [0, 0.1) is 17.0 Å². The molecule has 3 rings (SSSR count). The van der Waals surface area contributed by atoms with Gasteiger partial charge < -0.3 is 15.0 Å². The molecule has 0 aliphatic carbocycles. The van der Waals surface area contributed by atoms with Crippen molar-refractivity contribution in [3.8, 4) is 5.75 Å². The Morgan fingerprint density at radius 2 is 1.74 bits per heavy atom. The number of amides is 2. The number of carbonyl (C=O) groups excluding carboxylic acids is 2. The molecule has 3 aromatic carbocycles. The zero-order valence-electron chi connectivity index (χ0n) is 24.6. The smallest absolute Gasteiger partial charge is 0.273 e. The van der Waals surface area contributed by atoms with Crippen LogP contribution in [-0.2, 0) is 26.2 Å². The molecular formula is C30H35ClN4O7S. The van der Waals surface area contributed by atoms with Crippen LogP contribution >= 0.6 is 11.6 Å². The van der Waals surface area contributed by atoms with Crippen LogP contribution in [0.4, 0.5) is 11.4 Å². The Balaban J connectivity index is 2.09. The number of nitrogens with zero attached hydrogens (tertiary/aromatic N) is 3. The summed E-state index contributed by atoms with van der Waals surface area (Å²) in [6.07, 6.45) is 0.673. The number of halogens is 1. The summed E-state index contributed by atoms with van der Waals surface area (Å²) in [6.45, 7) is 6.09. The van der Waals surface area contributed by atoms with E-state index in [9.17, 15) is 28.1 Å². The molecule has 11 nitrogen and oxygen atoms in total. The SMILES string of the molecule is CC[C@H](C)NC(=O)[C@H](C)N(Cc1cccc(Cl)c1)C(=O)CN(c1ccc(OC)cc1)S(=O)(=O)c1ccc(C)c([N+](=O)[O-])c1. The van der Waals surface area contributed by atoms with E-state index >= 15 is 0 Å². The number of hydrogen-bond acceptors (Lipinski definition) is 7. The van der Waals surface area contributed by atoms with Gasteiger partial charge in [0, 0.05) is 29.2 Å². The number of hydrogen-bond donors (Lipinski definition) is 1. The summed E-state index contributed by atoms with van der Waals surface area (Å²) in [6, 6.07) is 15.2. The molecule has 0 heterocycles. The van der Waals surface area contributed by atoms with Crippen LogP contribution in [-0.4, -0.2) is 55.8 Å². The molecule has 2 amide bonds. The maximum Gasteiger partial charge on any atom is 0.273 e. The first-order chi connectivity index (χ1) is 20.3. The Kier molecular flexibility index (Phi) is 11.1. The summed E-state index contributed by atoms with van der Waals surface area (Å²) in [4.78, 5) is 39.0. The van der Waals surface area contributed by atoms with Crippen molar-refractivity contribution in [1.82, 2.24) is 10.2 Å². The minimum absolute atomic E-state index is 0.0268. The predicted octanol–water partition coefficient (Wildman–Crippen LogP) is 5.09. The van der Waals surface area contributed by atoms with Gasteiger partial charge in [0.05, 0.1) is 22.6 Å². The van der Waals surface area contributed by atoms with Gasteiger partial charge >= 0.3 is 0 Å². The molecule has 0 aliphatic heterocycles. The van der Waals surface area contributed by atoms with E-state index < -0.39 is 39.3 Å². The van der Waals surface area contributed by atoms with Gasteiger partial charge in [-0.1, -0.05) is 36.7 Å². The van der Waals surface area contributed by atoms with Gasteiger partial charge in [0.15, 0.2) is 0 Å². The highest BCUT2D eigenvalue weighted by atomic mass is 35.5. The number of benzene rings is 3. The summed E-state index contributed by atoms with van der Waals surface area (Å²) in [5.41, 5.74) is 0.665. The molecule has 230 valence electrons. The van der Waals surface area contributed by atoms with Crippen molar-refractivity contribution in [3.05, 3.63) is 93.0 Å². The number of sulfonamides is 1. The molecule has 0 radical (unpaired) electrons. The lowest BCUT2D eigenvalue weighted by Crippen LogP contribution is -2.52. The topological polar surface area (TPSA) is 139 Å². The van der Waals surface area contributed by atoms with E-state index in [-0.39, 0.29) is 34.4 Å². The van der Waals surface area contributed by atoms with E-state index in [1.54, 1.807) is 31.2 Å². The molecule has 0 aliphatic rings. The van der Waals surface area contributed by atoms with Crippen LogP contribution in [0.3, 0.4) is 0 Å². The fraction of sp³-hybridized carbons (Fsp3) is 0.333. The minimum Gasteiger partial charge on any atom is -0.497 e. The second-order valence-corrected chi connectivity index (χ2v) is 12.4. The van der Waals surface area contributed by atoms with Crippen molar-refractivity contribution in [2.24, 2.45) is 0 Å². The number of ether oxygens (including phenoxy) is 1. The van der Waals surface area contributed by atoms with Gasteiger partial charge in [-0.2, -0.15) is 0 Å². The van der Waals surface area contributed by atoms with Gasteiger partial charge in [-0.15, -0.1) is 0 Å². The zero-order valence-corrected chi connectivity index (χ0v) is 26.2. The third-order valence-corrected chi connectivity index (χ3v) is 9.02. The monoisotopic (exact) mass is 630 g/mol. The van der Waals surface area contributed by atoms with Gasteiger partial charge in [0.1, 0.15) is 18.3 Å². The van der Waals surface area contributed by atoms with E-state index in [4.69, 9.17) is 16.3 Å². The molecule has 0 spiro atoms. The molecule has 13 heteroatoms. The second-order valence-electron chi connectivity index (χ2n) is 10.1. The fourth-order valence-corrected chi connectivity index (χ4v) is 5.88. The summed E-state index contributed by atoms with van der Waals surface area (Å²) in [7, 11) is -3.05. The number of nitrogens with one attached hydrogen (secondary N) is 1. The van der Waals surface area contributed by atoms with Gasteiger partial charge in [-0.25, -0.2) is 8.42 Å². The molecule has 1 N–H and O–H groups in total. The van der Waals surface area contributed by atoms with Crippen molar-refractivity contribution in [3.63, 3.8) is 0 Å². The van der Waals surface area contributed by atoms with E-state index in [0.717, 1.165) is 10.4 Å². The maximum atomic E-state index is 14.0. The van der Waals surface area contributed by atoms with Gasteiger partial charge in [-0.05, 0) is 75.2 Å². The Bertz CT molecular complexity index is 1580. The van der Waals surface area contributed by atoms with Gasteiger partial charge in [0.25, 0.3) is 15.7 Å². The van der Waals surface area contributed by atoms with Crippen LogP contribution in [0.15, 0.2) is 71.6 Å². The number of aryl methyl sites for hydroxylation is 1. The van der Waals surface area contributed by atoms with Crippen LogP contribution < -0.4 is 14.4 Å². The third-order valence-electron chi connectivity index (χ3n) is 7.01. The number of anilines is 1. The van der Waals surface area contributed by atoms with E-state index in [0.29, 0.717) is 22.8 Å². The highest BCUT2D eigenvalue weighted by Gasteiger charge is 2.33. The lowest BCUT2D eigenvalue weighted by atomic mass is 10.1. The van der Waals surface area contributed by atoms with Gasteiger partial charge in [0.2, 0.25) is 11.8 Å². The van der Waals surface area contributed by atoms with Crippen LogP contribution in [0.5, 0.6) is 5.75 Å².